The quantitative estimate of drug-likeness (QED) is 0.907. The van der Waals surface area contributed by atoms with Gasteiger partial charge in [-0.05, 0) is 64.6 Å². The van der Waals surface area contributed by atoms with Gasteiger partial charge in [0.15, 0.2) is 5.82 Å². The molecule has 0 unspecified atom stereocenters. The number of fused-ring (bicyclic) bond motifs is 1. The number of anilines is 1. The molecule has 0 radical (unpaired) electrons. The number of rotatable bonds is 5. The molecule has 5 heteroatoms. The number of aryl methyl sites for hydroxylation is 1. The molecule has 25 heavy (non-hydrogen) atoms. The smallest absolute Gasteiger partial charge is 0.163 e. The van der Waals surface area contributed by atoms with Gasteiger partial charge in [-0.25, -0.2) is 9.97 Å². The first-order valence-corrected chi connectivity index (χ1v) is 9.43. The average molecular weight is 337 g/mol. The Kier molecular flexibility index (Phi) is 4.42. The topological polar surface area (TPSA) is 53.9 Å². The summed E-state index contributed by atoms with van der Waals surface area (Å²) in [6, 6.07) is 3.97. The molecule has 0 atom stereocenters. The molecular weight excluding hydrogens is 310 g/mol. The minimum atomic E-state index is 0.330. The molecule has 1 aliphatic carbocycles. The van der Waals surface area contributed by atoms with Gasteiger partial charge in [-0.15, -0.1) is 0 Å². The lowest BCUT2D eigenvalue weighted by molar-refractivity contribution is 0.182. The van der Waals surface area contributed by atoms with Crippen molar-refractivity contribution in [3.8, 4) is 11.4 Å². The van der Waals surface area contributed by atoms with Gasteiger partial charge in [-0.3, -0.25) is 9.88 Å². The minimum absolute atomic E-state index is 0.330. The number of nitrogens with one attached hydrogen (secondary N) is 1. The largest absolute Gasteiger partial charge is 0.368 e. The predicted octanol–water partition coefficient (Wildman–Crippen LogP) is 3.31. The molecule has 0 spiro atoms. The van der Waals surface area contributed by atoms with Gasteiger partial charge >= 0.3 is 0 Å². The summed E-state index contributed by atoms with van der Waals surface area (Å²) >= 11 is 0. The standard InChI is InChI=1S/C20H27N5/c1-20(2)9-5-12-25(20)13-11-22-19-16-7-3-8-17(16)23-18(24-19)15-6-4-10-21-14-15/h4,6,10,14H,3,5,7-9,11-13H2,1-2H3,(H,22,23,24). The molecule has 2 aliphatic rings. The molecule has 5 nitrogen and oxygen atoms in total. The Bertz CT molecular complexity index is 741. The second-order valence-corrected chi connectivity index (χ2v) is 7.75. The van der Waals surface area contributed by atoms with Gasteiger partial charge in [-0.2, -0.15) is 0 Å². The van der Waals surface area contributed by atoms with Crippen LogP contribution in [0.1, 0.15) is 44.4 Å². The van der Waals surface area contributed by atoms with Crippen LogP contribution in [0.4, 0.5) is 5.82 Å². The summed E-state index contributed by atoms with van der Waals surface area (Å²) in [6.07, 6.45) is 9.54. The van der Waals surface area contributed by atoms with E-state index in [9.17, 15) is 0 Å². The van der Waals surface area contributed by atoms with E-state index >= 15 is 0 Å². The normalized spacial score (nSPS) is 19.1. The van der Waals surface area contributed by atoms with E-state index in [0.717, 1.165) is 43.1 Å². The van der Waals surface area contributed by atoms with Crippen molar-refractivity contribution in [1.82, 2.24) is 19.9 Å². The fourth-order valence-corrected chi connectivity index (χ4v) is 4.09. The monoisotopic (exact) mass is 337 g/mol. The Labute approximate surface area is 149 Å². The molecule has 0 bridgehead atoms. The van der Waals surface area contributed by atoms with E-state index < -0.39 is 0 Å². The van der Waals surface area contributed by atoms with E-state index in [1.807, 2.05) is 18.3 Å². The van der Waals surface area contributed by atoms with Crippen molar-refractivity contribution in [1.29, 1.82) is 0 Å². The maximum absolute atomic E-state index is 4.83. The molecule has 1 fully saturated rings. The van der Waals surface area contributed by atoms with Crippen LogP contribution in [0.15, 0.2) is 24.5 Å². The van der Waals surface area contributed by atoms with E-state index in [1.54, 1.807) is 6.20 Å². The van der Waals surface area contributed by atoms with Crippen LogP contribution in [0.5, 0.6) is 0 Å². The van der Waals surface area contributed by atoms with Crippen molar-refractivity contribution < 1.29 is 0 Å². The number of aromatic nitrogens is 3. The molecule has 2 aromatic rings. The number of nitrogens with zero attached hydrogens (tertiary/aromatic N) is 4. The van der Waals surface area contributed by atoms with Crippen molar-refractivity contribution >= 4 is 5.82 Å². The van der Waals surface area contributed by atoms with E-state index in [1.165, 1.54) is 37.1 Å². The average Bonchev–Trinajstić information content (AvgIpc) is 3.22. The highest BCUT2D eigenvalue weighted by atomic mass is 15.2. The van der Waals surface area contributed by atoms with Crippen LogP contribution < -0.4 is 5.32 Å². The Morgan fingerprint density at radius 2 is 2.12 bits per heavy atom. The molecule has 0 saturated carbocycles. The fourth-order valence-electron chi connectivity index (χ4n) is 4.09. The van der Waals surface area contributed by atoms with Crippen LogP contribution in [0.25, 0.3) is 11.4 Å². The summed E-state index contributed by atoms with van der Waals surface area (Å²) in [5.74, 6) is 1.82. The first-order chi connectivity index (χ1) is 12.1. The molecule has 132 valence electrons. The summed E-state index contributed by atoms with van der Waals surface area (Å²) in [7, 11) is 0. The maximum Gasteiger partial charge on any atom is 0.163 e. The van der Waals surface area contributed by atoms with Crippen LogP contribution in [0, 0.1) is 0 Å². The van der Waals surface area contributed by atoms with Gasteiger partial charge in [-0.1, -0.05) is 0 Å². The van der Waals surface area contributed by atoms with Crippen LogP contribution in [0.2, 0.25) is 0 Å². The van der Waals surface area contributed by atoms with Crippen molar-refractivity contribution in [2.24, 2.45) is 0 Å². The molecule has 1 saturated heterocycles. The molecule has 1 N–H and O–H groups in total. The van der Waals surface area contributed by atoms with E-state index in [-0.39, 0.29) is 0 Å². The van der Waals surface area contributed by atoms with Gasteiger partial charge < -0.3 is 5.32 Å². The Morgan fingerprint density at radius 1 is 1.20 bits per heavy atom. The third-order valence-corrected chi connectivity index (χ3v) is 5.60. The number of hydrogen-bond acceptors (Lipinski definition) is 5. The van der Waals surface area contributed by atoms with Crippen LogP contribution >= 0.6 is 0 Å². The highest BCUT2D eigenvalue weighted by Crippen LogP contribution is 2.30. The highest BCUT2D eigenvalue weighted by Gasteiger charge is 2.31. The van der Waals surface area contributed by atoms with Gasteiger partial charge in [0.05, 0.1) is 0 Å². The summed E-state index contributed by atoms with van der Waals surface area (Å²) < 4.78 is 0. The molecule has 3 heterocycles. The zero-order chi connectivity index (χ0) is 17.3. The van der Waals surface area contributed by atoms with E-state index in [0.29, 0.717) is 5.54 Å². The first-order valence-electron chi connectivity index (χ1n) is 9.43. The summed E-state index contributed by atoms with van der Waals surface area (Å²) in [5.41, 5.74) is 3.84. The van der Waals surface area contributed by atoms with Gasteiger partial charge in [0.2, 0.25) is 0 Å². The Hall–Kier alpha value is -2.01. The zero-order valence-electron chi connectivity index (χ0n) is 15.3. The van der Waals surface area contributed by atoms with Crippen molar-refractivity contribution in [2.45, 2.75) is 51.5 Å². The van der Waals surface area contributed by atoms with Crippen molar-refractivity contribution in [2.75, 3.05) is 25.0 Å². The SMILES string of the molecule is CC1(C)CCCN1CCNc1nc(-c2cccnc2)nc2c1CCC2. The second kappa shape index (κ2) is 6.71. The summed E-state index contributed by atoms with van der Waals surface area (Å²) in [6.45, 7) is 7.90. The molecule has 4 rings (SSSR count). The molecule has 0 aromatic carbocycles. The number of pyridine rings is 1. The molecule has 2 aromatic heterocycles. The minimum Gasteiger partial charge on any atom is -0.368 e. The highest BCUT2D eigenvalue weighted by molar-refractivity contribution is 5.59. The summed E-state index contributed by atoms with van der Waals surface area (Å²) in [4.78, 5) is 16.4. The third-order valence-electron chi connectivity index (χ3n) is 5.60. The van der Waals surface area contributed by atoms with E-state index in [2.05, 4.69) is 29.0 Å². The lowest BCUT2D eigenvalue weighted by atomic mass is 10.0. The molecular formula is C20H27N5. The van der Waals surface area contributed by atoms with Crippen molar-refractivity contribution in [3.05, 3.63) is 35.8 Å². The number of likely N-dealkylation sites (tertiary alicyclic amines) is 1. The van der Waals surface area contributed by atoms with Crippen LogP contribution in [-0.2, 0) is 12.8 Å². The van der Waals surface area contributed by atoms with Crippen molar-refractivity contribution in [3.63, 3.8) is 0 Å². The fraction of sp³-hybridized carbons (Fsp3) is 0.550. The predicted molar refractivity (Wildman–Crippen MR) is 101 cm³/mol. The molecule has 1 aliphatic heterocycles. The third kappa shape index (κ3) is 3.38. The first kappa shape index (κ1) is 16.5. The Balaban J connectivity index is 1.52. The van der Waals surface area contributed by atoms with Crippen LogP contribution in [0.3, 0.4) is 0 Å². The Morgan fingerprint density at radius 3 is 2.88 bits per heavy atom. The number of hydrogen-bond donors (Lipinski definition) is 1. The lowest BCUT2D eigenvalue weighted by Gasteiger charge is -2.31. The van der Waals surface area contributed by atoms with Gasteiger partial charge in [0, 0.05) is 47.8 Å². The zero-order valence-corrected chi connectivity index (χ0v) is 15.3. The maximum atomic E-state index is 4.83. The van der Waals surface area contributed by atoms with E-state index in [4.69, 9.17) is 9.97 Å². The lowest BCUT2D eigenvalue weighted by Crippen LogP contribution is -2.40. The van der Waals surface area contributed by atoms with Crippen LogP contribution in [-0.4, -0.2) is 45.0 Å². The van der Waals surface area contributed by atoms with Gasteiger partial charge in [0.1, 0.15) is 5.82 Å². The second-order valence-electron chi connectivity index (χ2n) is 7.75. The summed E-state index contributed by atoms with van der Waals surface area (Å²) in [5, 5.41) is 3.61. The molecule has 0 amide bonds. The van der Waals surface area contributed by atoms with Gasteiger partial charge in [0.25, 0.3) is 0 Å².